The van der Waals surface area contributed by atoms with Crippen LogP contribution in [0.2, 0.25) is 0 Å². The molecular weight excluding hydrogens is 418 g/mol. The lowest BCUT2D eigenvalue weighted by molar-refractivity contribution is -0.137. The normalized spacial score (nSPS) is 14.7. The molecule has 1 saturated carbocycles. The second kappa shape index (κ2) is 12.9. The summed E-state index contributed by atoms with van der Waals surface area (Å²) < 4.78 is 11.5. The Balaban J connectivity index is 2.14. The zero-order valence-corrected chi connectivity index (χ0v) is 20.5. The Morgan fingerprint density at radius 1 is 1.12 bits per heavy atom. The van der Waals surface area contributed by atoms with Crippen LogP contribution in [0.1, 0.15) is 72.3 Å². The number of nitrogens with zero attached hydrogens (tertiary/aromatic N) is 2. The van der Waals surface area contributed by atoms with E-state index in [4.69, 9.17) is 9.47 Å². The highest BCUT2D eigenvalue weighted by Gasteiger charge is 2.21. The Labute approximate surface area is 197 Å². The molecule has 0 spiro atoms. The smallest absolute Gasteiger partial charge is 0.262 e. The summed E-state index contributed by atoms with van der Waals surface area (Å²) in [5, 5.41) is 12.5. The minimum atomic E-state index is -0.351. The van der Waals surface area contributed by atoms with Crippen molar-refractivity contribution in [1.29, 1.82) is 5.26 Å². The number of benzene rings is 1. The van der Waals surface area contributed by atoms with Crippen LogP contribution < -0.4 is 14.8 Å². The van der Waals surface area contributed by atoms with Crippen molar-refractivity contribution in [1.82, 2.24) is 10.2 Å². The maximum atomic E-state index is 12.6. The number of nitrogens with one attached hydrogen (secondary N) is 1. The van der Waals surface area contributed by atoms with Gasteiger partial charge in [-0.2, -0.15) is 5.26 Å². The van der Waals surface area contributed by atoms with Crippen molar-refractivity contribution in [2.24, 2.45) is 0 Å². The zero-order chi connectivity index (χ0) is 24.4. The first-order valence-corrected chi connectivity index (χ1v) is 11.9. The van der Waals surface area contributed by atoms with Gasteiger partial charge in [-0.25, -0.2) is 0 Å². The first-order valence-electron chi connectivity index (χ1n) is 11.9. The molecule has 0 saturated heterocycles. The van der Waals surface area contributed by atoms with Gasteiger partial charge in [-0.3, -0.25) is 9.59 Å². The number of rotatable bonds is 10. The molecule has 0 unspecified atom stereocenters. The Morgan fingerprint density at radius 2 is 1.79 bits per heavy atom. The van der Waals surface area contributed by atoms with Gasteiger partial charge >= 0.3 is 0 Å². The number of carbonyl (C=O) groups excluding carboxylic acids is 2. The fourth-order valence-electron chi connectivity index (χ4n) is 4.21. The van der Waals surface area contributed by atoms with Gasteiger partial charge in [0.15, 0.2) is 18.1 Å². The lowest BCUT2D eigenvalue weighted by Crippen LogP contribution is -2.44. The van der Waals surface area contributed by atoms with E-state index in [1.165, 1.54) is 6.42 Å². The number of hydrogen-bond acceptors (Lipinski definition) is 5. The van der Waals surface area contributed by atoms with E-state index < -0.39 is 0 Å². The third-order valence-corrected chi connectivity index (χ3v) is 5.64. The molecule has 1 fully saturated rings. The Morgan fingerprint density at radius 3 is 2.36 bits per heavy atom. The minimum absolute atomic E-state index is 0.0522. The van der Waals surface area contributed by atoms with Crippen LogP contribution in [-0.2, 0) is 9.59 Å². The monoisotopic (exact) mass is 455 g/mol. The highest BCUT2D eigenvalue weighted by atomic mass is 16.5. The summed E-state index contributed by atoms with van der Waals surface area (Å²) in [6.45, 7) is 10.1. The predicted octanol–water partition coefficient (Wildman–Crippen LogP) is 4.47. The molecule has 1 aromatic carbocycles. The van der Waals surface area contributed by atoms with Crippen molar-refractivity contribution in [3.63, 3.8) is 0 Å². The van der Waals surface area contributed by atoms with E-state index in [0.29, 0.717) is 23.7 Å². The molecule has 7 heteroatoms. The van der Waals surface area contributed by atoms with Gasteiger partial charge in [-0.1, -0.05) is 25.3 Å². The molecule has 0 heterocycles. The number of amides is 2. The van der Waals surface area contributed by atoms with Crippen LogP contribution in [0.15, 0.2) is 23.8 Å². The number of nitriles is 1. The summed E-state index contributed by atoms with van der Waals surface area (Å²) in [7, 11) is 0. The Hall–Kier alpha value is -3.01. The van der Waals surface area contributed by atoms with E-state index in [2.05, 4.69) is 5.32 Å². The van der Waals surface area contributed by atoms with Crippen molar-refractivity contribution in [2.75, 3.05) is 13.2 Å². The standard InChI is InChI=1S/C26H37N3O4/c1-6-32-24-15-20(14-21(16-27)26(31)28-22-10-8-7-9-11-22)12-13-23(24)33-17-25(30)29(18(2)3)19(4)5/h12-15,18-19,22H,6-11,17H2,1-5H3,(H,28,31)/b21-14+. The molecule has 7 nitrogen and oxygen atoms in total. The first-order chi connectivity index (χ1) is 15.8. The molecule has 2 amide bonds. The molecule has 2 rings (SSSR count). The summed E-state index contributed by atoms with van der Waals surface area (Å²) in [6.07, 6.45) is 6.85. The number of ether oxygens (including phenoxy) is 2. The van der Waals surface area contributed by atoms with E-state index >= 15 is 0 Å². The van der Waals surface area contributed by atoms with Crippen molar-refractivity contribution >= 4 is 17.9 Å². The van der Waals surface area contributed by atoms with Crippen LogP contribution in [-0.4, -0.2) is 48.1 Å². The highest BCUT2D eigenvalue weighted by molar-refractivity contribution is 6.01. The predicted molar refractivity (Wildman–Crippen MR) is 129 cm³/mol. The van der Waals surface area contributed by atoms with Gasteiger partial charge in [0.05, 0.1) is 6.61 Å². The second-order valence-corrected chi connectivity index (χ2v) is 8.89. The van der Waals surface area contributed by atoms with Crippen molar-refractivity contribution in [2.45, 2.75) is 84.8 Å². The summed E-state index contributed by atoms with van der Waals surface area (Å²) in [5.41, 5.74) is 0.704. The van der Waals surface area contributed by atoms with Gasteiger partial charge in [0.2, 0.25) is 0 Å². The van der Waals surface area contributed by atoms with E-state index in [9.17, 15) is 14.9 Å². The quantitative estimate of drug-likeness (QED) is 0.415. The van der Waals surface area contributed by atoms with Gasteiger partial charge in [0, 0.05) is 18.1 Å². The van der Waals surface area contributed by atoms with Gasteiger partial charge in [0.1, 0.15) is 11.6 Å². The fourth-order valence-corrected chi connectivity index (χ4v) is 4.21. The molecule has 33 heavy (non-hydrogen) atoms. The molecule has 0 aromatic heterocycles. The Bertz CT molecular complexity index is 872. The molecule has 1 aliphatic carbocycles. The second-order valence-electron chi connectivity index (χ2n) is 8.89. The lowest BCUT2D eigenvalue weighted by atomic mass is 9.95. The van der Waals surface area contributed by atoms with Crippen LogP contribution >= 0.6 is 0 Å². The van der Waals surface area contributed by atoms with Crippen LogP contribution in [0.5, 0.6) is 11.5 Å². The number of hydrogen-bond donors (Lipinski definition) is 1. The molecule has 1 aliphatic rings. The molecule has 0 radical (unpaired) electrons. The maximum Gasteiger partial charge on any atom is 0.262 e. The van der Waals surface area contributed by atoms with Gasteiger partial charge < -0.3 is 19.7 Å². The highest BCUT2D eigenvalue weighted by Crippen LogP contribution is 2.30. The van der Waals surface area contributed by atoms with E-state index in [0.717, 1.165) is 25.7 Å². The van der Waals surface area contributed by atoms with E-state index in [1.807, 2.05) is 40.7 Å². The molecular formula is C26H37N3O4. The van der Waals surface area contributed by atoms with Gasteiger partial charge in [0.25, 0.3) is 11.8 Å². The van der Waals surface area contributed by atoms with Crippen molar-refractivity contribution in [3.8, 4) is 17.6 Å². The molecule has 0 bridgehead atoms. The zero-order valence-electron chi connectivity index (χ0n) is 20.5. The molecule has 1 aromatic rings. The Kier molecular flexibility index (Phi) is 10.2. The van der Waals surface area contributed by atoms with Crippen LogP contribution in [0, 0.1) is 11.3 Å². The summed E-state index contributed by atoms with van der Waals surface area (Å²) in [6, 6.07) is 7.45. The topological polar surface area (TPSA) is 91.7 Å². The summed E-state index contributed by atoms with van der Waals surface area (Å²) >= 11 is 0. The molecule has 0 atom stereocenters. The lowest BCUT2D eigenvalue weighted by Gasteiger charge is -2.30. The average molecular weight is 456 g/mol. The molecule has 1 N–H and O–H groups in total. The molecule has 0 aliphatic heterocycles. The third kappa shape index (κ3) is 7.81. The van der Waals surface area contributed by atoms with E-state index in [1.54, 1.807) is 29.2 Å². The third-order valence-electron chi connectivity index (χ3n) is 5.64. The summed E-state index contributed by atoms with van der Waals surface area (Å²) in [5.74, 6) is 0.456. The average Bonchev–Trinajstić information content (AvgIpc) is 2.77. The van der Waals surface area contributed by atoms with Gasteiger partial charge in [-0.05, 0) is 71.2 Å². The minimum Gasteiger partial charge on any atom is -0.490 e. The van der Waals surface area contributed by atoms with Crippen LogP contribution in [0.4, 0.5) is 0 Å². The number of carbonyl (C=O) groups is 2. The summed E-state index contributed by atoms with van der Waals surface area (Å²) in [4.78, 5) is 27.0. The molecule has 180 valence electrons. The maximum absolute atomic E-state index is 12.6. The van der Waals surface area contributed by atoms with E-state index in [-0.39, 0.29) is 42.1 Å². The SMILES string of the molecule is CCOc1cc(/C=C(\C#N)C(=O)NC2CCCCC2)ccc1OCC(=O)N(C(C)C)C(C)C. The fraction of sp³-hybridized carbons (Fsp3) is 0.577. The van der Waals surface area contributed by atoms with Crippen molar-refractivity contribution in [3.05, 3.63) is 29.3 Å². The largest absolute Gasteiger partial charge is 0.490 e. The van der Waals surface area contributed by atoms with Crippen molar-refractivity contribution < 1.29 is 19.1 Å². The first kappa shape index (κ1) is 26.2. The van der Waals surface area contributed by atoms with Gasteiger partial charge in [-0.15, -0.1) is 0 Å². The van der Waals surface area contributed by atoms with Crippen LogP contribution in [0.25, 0.3) is 6.08 Å². The van der Waals surface area contributed by atoms with Crippen LogP contribution in [0.3, 0.4) is 0 Å².